The molecule has 0 aromatic carbocycles. The van der Waals surface area contributed by atoms with E-state index in [1.54, 1.807) is 62.3 Å². The van der Waals surface area contributed by atoms with E-state index in [-0.39, 0.29) is 71.4 Å². The fourth-order valence-corrected chi connectivity index (χ4v) is 17.5. The molecular weight excluding hydrogens is 831 g/mol. The molecule has 21 heteroatoms. The fourth-order valence-electron chi connectivity index (χ4n) is 6.69. The Bertz CT molecular complexity index is 1390. The lowest BCUT2D eigenvalue weighted by Crippen LogP contribution is -2.31. The zero-order valence-corrected chi connectivity index (χ0v) is 39.9. The Kier molecular flexibility index (Phi) is 25.5. The normalized spacial score (nSPS) is 27.2. The van der Waals surface area contributed by atoms with Crippen molar-refractivity contribution in [2.24, 2.45) is 5.92 Å². The molecule has 332 valence electrons. The summed E-state index contributed by atoms with van der Waals surface area (Å²) in [5.74, 6) is -0.295. The summed E-state index contributed by atoms with van der Waals surface area (Å²) in [5.41, 5.74) is -3.84. The average molecular weight is 903 g/mol. The van der Waals surface area contributed by atoms with Crippen LogP contribution < -0.4 is 0 Å². The van der Waals surface area contributed by atoms with Crippen LogP contribution in [-0.2, 0) is 72.8 Å². The Hall–Kier alpha value is -0.450. The van der Waals surface area contributed by atoms with E-state index >= 15 is 0 Å². The second-order valence-corrected chi connectivity index (χ2v) is 24.8. The van der Waals surface area contributed by atoms with Gasteiger partial charge in [0, 0.05) is 0 Å². The van der Waals surface area contributed by atoms with Gasteiger partial charge in [-0.2, -0.15) is 0 Å². The maximum atomic E-state index is 14.9. The molecule has 0 fully saturated rings. The quantitative estimate of drug-likeness (QED) is 0.0532. The van der Waals surface area contributed by atoms with Crippen LogP contribution in [0.5, 0.6) is 0 Å². The summed E-state index contributed by atoms with van der Waals surface area (Å²) in [6, 6.07) is 0. The third-order valence-corrected chi connectivity index (χ3v) is 22.3. The minimum absolute atomic E-state index is 0.00966. The maximum Gasteiger partial charge on any atom is 0.382 e. The molecule has 1 aliphatic rings. The van der Waals surface area contributed by atoms with Crippen molar-refractivity contribution in [3.63, 3.8) is 0 Å². The first-order valence-corrected chi connectivity index (χ1v) is 27.9. The molecule has 16 nitrogen and oxygen atoms in total. The first-order valence-electron chi connectivity index (χ1n) is 19.9. The molecule has 0 bridgehead atoms. The molecule has 0 saturated carbocycles. The van der Waals surface area contributed by atoms with Crippen LogP contribution in [-0.4, -0.2) is 81.7 Å². The summed E-state index contributed by atoms with van der Waals surface area (Å²) in [7, 11) is -17.7. The molecule has 0 aliphatic carbocycles. The second kappa shape index (κ2) is 26.7. The van der Waals surface area contributed by atoms with Crippen molar-refractivity contribution in [1.82, 2.24) is 0 Å². The molecule has 0 amide bonds. The third kappa shape index (κ3) is 15.9. The Labute approximate surface area is 336 Å². The maximum absolute atomic E-state index is 14.9. The van der Waals surface area contributed by atoms with Crippen LogP contribution in [0.4, 0.5) is 0 Å². The van der Waals surface area contributed by atoms with Crippen LogP contribution >= 0.6 is 38.0 Å². The monoisotopic (exact) mass is 902 g/mol. The van der Waals surface area contributed by atoms with Gasteiger partial charge < -0.3 is 36.4 Å². The van der Waals surface area contributed by atoms with Crippen LogP contribution in [0, 0.1) is 5.92 Å². The van der Waals surface area contributed by atoms with Crippen LogP contribution in [0.2, 0.25) is 0 Å². The van der Waals surface area contributed by atoms with E-state index in [9.17, 15) is 22.8 Å². The van der Waals surface area contributed by atoms with Gasteiger partial charge in [0.05, 0.1) is 81.7 Å². The van der Waals surface area contributed by atoms with E-state index in [0.29, 0.717) is 25.7 Å². The van der Waals surface area contributed by atoms with Gasteiger partial charge in [0.15, 0.2) is 0 Å². The number of hydrogen-bond donors (Lipinski definition) is 0. The summed E-state index contributed by atoms with van der Waals surface area (Å²) in [5, 5.41) is 0. The van der Waals surface area contributed by atoms with Crippen LogP contribution in [0.3, 0.4) is 0 Å². The Morgan fingerprint density at radius 2 is 1.21 bits per heavy atom. The summed E-state index contributed by atoms with van der Waals surface area (Å²) in [6.07, 6.45) is 6.47. The van der Waals surface area contributed by atoms with Crippen LogP contribution in [0.15, 0.2) is 25.0 Å². The SMILES string of the molecule is CCOP(=O)(O/C=C\OC)C(C)CCC(C(C)CCCC1C(P(=O)(OCC)OCC)CCC(C)P(=O)(OCC)O/C=C\OP1(=O)OCC)P(=O)(OCC)OCC. The lowest BCUT2D eigenvalue weighted by atomic mass is 9.95. The zero-order valence-electron chi connectivity index (χ0n) is 35.4. The first kappa shape index (κ1) is 53.6. The van der Waals surface area contributed by atoms with Crippen molar-refractivity contribution in [3.8, 4) is 0 Å². The van der Waals surface area contributed by atoms with Gasteiger partial charge in [-0.3, -0.25) is 22.7 Å². The molecule has 9 atom stereocenters. The van der Waals surface area contributed by atoms with Gasteiger partial charge in [0.25, 0.3) is 0 Å². The molecule has 0 N–H and O–H groups in total. The third-order valence-electron chi connectivity index (χ3n) is 9.35. The number of hydrogen-bond acceptors (Lipinski definition) is 16. The molecule has 56 heavy (non-hydrogen) atoms. The molecule has 0 aromatic heterocycles. The molecule has 9 unspecified atom stereocenters. The summed E-state index contributed by atoms with van der Waals surface area (Å²) in [4.78, 5) is 0. The fraction of sp³-hybridized carbons (Fsp3) is 0.886. The molecule has 0 radical (unpaired) electrons. The average Bonchev–Trinajstić information content (AvgIpc) is 3.14. The van der Waals surface area contributed by atoms with Crippen molar-refractivity contribution in [2.75, 3.05) is 53.4 Å². The lowest BCUT2D eigenvalue weighted by molar-refractivity contribution is 0.197. The van der Waals surface area contributed by atoms with E-state index in [1.807, 2.05) is 6.92 Å². The van der Waals surface area contributed by atoms with Crippen LogP contribution in [0.25, 0.3) is 0 Å². The smallest absolute Gasteiger partial charge is 0.382 e. The molecule has 0 aromatic rings. The Morgan fingerprint density at radius 3 is 1.73 bits per heavy atom. The van der Waals surface area contributed by atoms with E-state index in [2.05, 4.69) is 0 Å². The summed E-state index contributed by atoms with van der Waals surface area (Å²) in [6.45, 7) is 18.1. The Balaban J connectivity index is 3.67. The summed E-state index contributed by atoms with van der Waals surface area (Å²) < 4.78 is 134. The van der Waals surface area contributed by atoms with Crippen molar-refractivity contribution >= 4 is 38.0 Å². The predicted molar refractivity (Wildman–Crippen MR) is 220 cm³/mol. The van der Waals surface area contributed by atoms with Gasteiger partial charge in [-0.1, -0.05) is 13.3 Å². The van der Waals surface area contributed by atoms with Gasteiger partial charge >= 0.3 is 38.0 Å². The van der Waals surface area contributed by atoms with Gasteiger partial charge in [0.1, 0.15) is 25.0 Å². The molecule has 0 spiro atoms. The highest BCUT2D eigenvalue weighted by atomic mass is 31.2. The molecule has 1 rings (SSSR count). The number of methoxy groups -OCH3 is 1. The first-order chi connectivity index (χ1) is 26.5. The van der Waals surface area contributed by atoms with Crippen molar-refractivity contribution in [2.45, 2.75) is 142 Å². The standard InChI is InChI=1S/C35H71O16P5/c1-12-42-52(36,49-27-26-41-11)31(9)22-24-33(54(38,44-14-3)45-15-4)30(8)20-19-21-34-35(55(39,46-16-5)47-17-6)25-23-32(10)53(37,43-13-2)50-28-29-51-56(34,40)48-18-7/h26-35H,12-25H2,1-11H3/b27-26-,29-28-. The zero-order chi connectivity index (χ0) is 42.5. The van der Waals surface area contributed by atoms with E-state index < -0.39 is 66.3 Å². The predicted octanol–water partition coefficient (Wildman–Crippen LogP) is 12.1. The van der Waals surface area contributed by atoms with E-state index in [1.165, 1.54) is 19.6 Å². The molecule has 1 heterocycles. The lowest BCUT2D eigenvalue weighted by Gasteiger charge is -2.36. The van der Waals surface area contributed by atoms with E-state index in [0.717, 1.165) is 12.5 Å². The minimum atomic E-state index is -4.15. The Morgan fingerprint density at radius 1 is 0.696 bits per heavy atom. The van der Waals surface area contributed by atoms with Crippen molar-refractivity contribution < 1.29 is 72.8 Å². The summed E-state index contributed by atoms with van der Waals surface area (Å²) >= 11 is 0. The highest BCUT2D eigenvalue weighted by Gasteiger charge is 2.52. The van der Waals surface area contributed by atoms with Gasteiger partial charge in [-0.25, -0.2) is 13.7 Å². The van der Waals surface area contributed by atoms with Crippen molar-refractivity contribution in [1.29, 1.82) is 0 Å². The van der Waals surface area contributed by atoms with E-state index in [4.69, 9.17) is 50.0 Å². The van der Waals surface area contributed by atoms with Gasteiger partial charge in [-0.15, -0.1) is 0 Å². The number of ether oxygens (including phenoxy) is 1. The topological polar surface area (TPSA) is 187 Å². The minimum Gasteiger partial charge on any atom is -0.501 e. The molecule has 0 saturated heterocycles. The second-order valence-electron chi connectivity index (χ2n) is 13.2. The van der Waals surface area contributed by atoms with Gasteiger partial charge in [-0.05, 0) is 107 Å². The highest BCUT2D eigenvalue weighted by Crippen LogP contribution is 2.68. The van der Waals surface area contributed by atoms with Crippen LogP contribution in [0.1, 0.15) is 114 Å². The van der Waals surface area contributed by atoms with Gasteiger partial charge in [0.2, 0.25) is 0 Å². The highest BCUT2D eigenvalue weighted by molar-refractivity contribution is 7.59. The molecular formula is C35H71O16P5. The number of rotatable bonds is 28. The largest absolute Gasteiger partial charge is 0.501 e. The molecule has 1 aliphatic heterocycles. The van der Waals surface area contributed by atoms with Crippen molar-refractivity contribution in [3.05, 3.63) is 25.0 Å².